The number of methoxy groups -OCH3 is 1. The van der Waals surface area contributed by atoms with Gasteiger partial charge in [-0.25, -0.2) is 0 Å². The van der Waals surface area contributed by atoms with Crippen LogP contribution in [0.4, 0.5) is 0 Å². The molecule has 0 saturated carbocycles. The quantitative estimate of drug-likeness (QED) is 0.414. The molecule has 26 heavy (non-hydrogen) atoms. The highest BCUT2D eigenvalue weighted by Crippen LogP contribution is 2.10. The average Bonchev–Trinajstić information content (AvgIpc) is 2.59. The fourth-order valence-corrected chi connectivity index (χ4v) is 2.02. The Morgan fingerprint density at radius 3 is 2.08 bits per heavy atom. The summed E-state index contributed by atoms with van der Waals surface area (Å²) in [5.74, 6) is 0.827. The summed E-state index contributed by atoms with van der Waals surface area (Å²) >= 11 is 0. The number of guanidine groups is 1. The first-order valence-corrected chi connectivity index (χ1v) is 8.38. The maximum atomic E-state index is 11.9. The number of hydrogen-bond acceptors (Lipinski definition) is 4. The Labute approximate surface area is 154 Å². The smallest absolute Gasteiger partial charge is 0.239 e. The molecule has 0 aliphatic heterocycles. The van der Waals surface area contributed by atoms with Gasteiger partial charge in [-0.05, 0) is 38.5 Å². The van der Waals surface area contributed by atoms with E-state index in [1.807, 2.05) is 45.0 Å². The molecule has 0 heterocycles. The summed E-state index contributed by atoms with van der Waals surface area (Å²) in [6.07, 6.45) is 0. The van der Waals surface area contributed by atoms with Gasteiger partial charge in [0, 0.05) is 19.1 Å². The summed E-state index contributed by atoms with van der Waals surface area (Å²) in [4.78, 5) is 27.7. The van der Waals surface area contributed by atoms with Gasteiger partial charge in [-0.15, -0.1) is 0 Å². The molecule has 0 saturated heterocycles. The zero-order valence-corrected chi connectivity index (χ0v) is 16.1. The first-order chi connectivity index (χ1) is 12.2. The molecular formula is C18H29N5O3. The molecule has 1 aromatic rings. The molecule has 2 amide bonds. The first-order valence-electron chi connectivity index (χ1n) is 8.38. The van der Waals surface area contributed by atoms with Gasteiger partial charge in [0.15, 0.2) is 5.96 Å². The highest BCUT2D eigenvalue weighted by atomic mass is 16.5. The minimum absolute atomic E-state index is 0.0523. The van der Waals surface area contributed by atoms with Crippen LogP contribution in [0.15, 0.2) is 29.3 Å². The van der Waals surface area contributed by atoms with Crippen molar-refractivity contribution in [1.29, 1.82) is 0 Å². The van der Waals surface area contributed by atoms with Crippen molar-refractivity contribution < 1.29 is 14.3 Å². The molecule has 0 aliphatic carbocycles. The van der Waals surface area contributed by atoms with Gasteiger partial charge in [0.25, 0.3) is 0 Å². The van der Waals surface area contributed by atoms with Gasteiger partial charge in [0.1, 0.15) is 5.75 Å². The second-order valence-electron chi connectivity index (χ2n) is 6.70. The summed E-state index contributed by atoms with van der Waals surface area (Å²) in [6, 6.07) is 7.46. The van der Waals surface area contributed by atoms with E-state index < -0.39 is 0 Å². The van der Waals surface area contributed by atoms with Crippen LogP contribution in [-0.2, 0) is 16.1 Å². The van der Waals surface area contributed by atoms with E-state index in [4.69, 9.17) is 4.74 Å². The Balaban J connectivity index is 2.31. The third kappa shape index (κ3) is 8.91. The standard InChI is InChI=1S/C18H29N5O3/c1-18(2,3)23-16(25)12-22-17(19-4)21-11-15(24)20-10-13-6-8-14(26-5)9-7-13/h6-9H,10-12H2,1-5H3,(H,20,24)(H,23,25)(H2,19,21,22). The summed E-state index contributed by atoms with van der Waals surface area (Å²) in [5.41, 5.74) is 0.678. The lowest BCUT2D eigenvalue weighted by molar-refractivity contribution is -0.121. The van der Waals surface area contributed by atoms with Gasteiger partial charge >= 0.3 is 0 Å². The molecule has 8 heteroatoms. The summed E-state index contributed by atoms with van der Waals surface area (Å²) < 4.78 is 5.09. The third-order valence-corrected chi connectivity index (χ3v) is 3.22. The van der Waals surface area contributed by atoms with Crippen LogP contribution in [0, 0.1) is 0 Å². The van der Waals surface area contributed by atoms with Gasteiger partial charge < -0.3 is 26.0 Å². The maximum Gasteiger partial charge on any atom is 0.239 e. The number of carbonyl (C=O) groups is 2. The highest BCUT2D eigenvalue weighted by molar-refractivity contribution is 5.89. The fraction of sp³-hybridized carbons (Fsp3) is 0.500. The first kappa shape index (κ1) is 21.3. The summed E-state index contributed by atoms with van der Waals surface area (Å²) in [6.45, 7) is 6.27. The predicted octanol–water partition coefficient (Wildman–Crippen LogP) is 0.391. The van der Waals surface area contributed by atoms with Crippen LogP contribution in [0.3, 0.4) is 0 Å². The van der Waals surface area contributed by atoms with Crippen molar-refractivity contribution in [3.05, 3.63) is 29.8 Å². The number of hydrogen-bond donors (Lipinski definition) is 4. The van der Waals surface area contributed by atoms with Crippen LogP contribution in [0.1, 0.15) is 26.3 Å². The molecule has 4 N–H and O–H groups in total. The maximum absolute atomic E-state index is 11.9. The number of carbonyl (C=O) groups excluding carboxylic acids is 2. The van der Waals surface area contributed by atoms with Crippen molar-refractivity contribution in [3.63, 3.8) is 0 Å². The molecule has 0 spiro atoms. The van der Waals surface area contributed by atoms with Crippen molar-refractivity contribution in [3.8, 4) is 5.75 Å². The van der Waals surface area contributed by atoms with Gasteiger partial charge in [-0.3, -0.25) is 14.6 Å². The zero-order chi connectivity index (χ0) is 19.6. The zero-order valence-electron chi connectivity index (χ0n) is 16.1. The van der Waals surface area contributed by atoms with E-state index in [9.17, 15) is 9.59 Å². The molecular weight excluding hydrogens is 334 g/mol. The van der Waals surface area contributed by atoms with Crippen molar-refractivity contribution >= 4 is 17.8 Å². The van der Waals surface area contributed by atoms with E-state index in [2.05, 4.69) is 26.3 Å². The Morgan fingerprint density at radius 2 is 1.58 bits per heavy atom. The number of ether oxygens (including phenoxy) is 1. The lowest BCUT2D eigenvalue weighted by atomic mass is 10.1. The van der Waals surface area contributed by atoms with Crippen molar-refractivity contribution in [2.24, 2.45) is 4.99 Å². The minimum Gasteiger partial charge on any atom is -0.497 e. The number of rotatable bonds is 7. The van der Waals surface area contributed by atoms with Crippen LogP contribution >= 0.6 is 0 Å². The Kier molecular flexibility index (Phi) is 8.41. The van der Waals surface area contributed by atoms with E-state index in [0.29, 0.717) is 12.5 Å². The lowest BCUT2D eigenvalue weighted by Crippen LogP contribution is -2.49. The van der Waals surface area contributed by atoms with Crippen molar-refractivity contribution in [2.45, 2.75) is 32.9 Å². The Hall–Kier alpha value is -2.77. The van der Waals surface area contributed by atoms with Crippen LogP contribution in [0.5, 0.6) is 5.75 Å². The minimum atomic E-state index is -0.295. The van der Waals surface area contributed by atoms with Crippen LogP contribution in [0.2, 0.25) is 0 Å². The second kappa shape index (κ2) is 10.3. The van der Waals surface area contributed by atoms with Gasteiger partial charge in [0.05, 0.1) is 20.2 Å². The number of nitrogens with zero attached hydrogens (tertiary/aromatic N) is 1. The van der Waals surface area contributed by atoms with Crippen LogP contribution in [0.25, 0.3) is 0 Å². The monoisotopic (exact) mass is 363 g/mol. The number of benzene rings is 1. The molecule has 0 unspecified atom stereocenters. The number of amides is 2. The molecule has 0 fully saturated rings. The Bertz CT molecular complexity index is 621. The lowest BCUT2D eigenvalue weighted by Gasteiger charge is -2.21. The molecule has 0 aromatic heterocycles. The molecule has 0 bridgehead atoms. The SMILES string of the molecule is CN=C(NCC(=O)NCc1ccc(OC)cc1)NCC(=O)NC(C)(C)C. The van der Waals surface area contributed by atoms with Gasteiger partial charge in [-0.2, -0.15) is 0 Å². The molecule has 0 radical (unpaired) electrons. The van der Waals surface area contributed by atoms with Crippen LogP contribution < -0.4 is 26.0 Å². The third-order valence-electron chi connectivity index (χ3n) is 3.22. The molecule has 0 atom stereocenters. The number of nitrogens with one attached hydrogen (secondary N) is 4. The molecule has 1 rings (SSSR count). The van der Waals surface area contributed by atoms with Crippen LogP contribution in [-0.4, -0.2) is 50.6 Å². The van der Waals surface area contributed by atoms with E-state index in [0.717, 1.165) is 11.3 Å². The van der Waals surface area contributed by atoms with E-state index in [1.54, 1.807) is 14.2 Å². The fourth-order valence-electron chi connectivity index (χ4n) is 2.02. The summed E-state index contributed by atoms with van der Waals surface area (Å²) in [7, 11) is 3.18. The average molecular weight is 363 g/mol. The normalized spacial score (nSPS) is 11.5. The predicted molar refractivity (Wildman–Crippen MR) is 102 cm³/mol. The topological polar surface area (TPSA) is 104 Å². The number of aliphatic imine (C=N–C) groups is 1. The highest BCUT2D eigenvalue weighted by Gasteiger charge is 2.13. The molecule has 144 valence electrons. The second-order valence-corrected chi connectivity index (χ2v) is 6.70. The largest absolute Gasteiger partial charge is 0.497 e. The van der Waals surface area contributed by atoms with E-state index in [1.165, 1.54) is 0 Å². The van der Waals surface area contributed by atoms with Gasteiger partial charge in [0.2, 0.25) is 11.8 Å². The van der Waals surface area contributed by atoms with E-state index in [-0.39, 0.29) is 30.4 Å². The van der Waals surface area contributed by atoms with Crippen molar-refractivity contribution in [1.82, 2.24) is 21.3 Å². The van der Waals surface area contributed by atoms with Crippen molar-refractivity contribution in [2.75, 3.05) is 27.2 Å². The van der Waals surface area contributed by atoms with Gasteiger partial charge in [-0.1, -0.05) is 12.1 Å². The van der Waals surface area contributed by atoms with E-state index >= 15 is 0 Å². The Morgan fingerprint density at radius 1 is 1.00 bits per heavy atom. The summed E-state index contributed by atoms with van der Waals surface area (Å²) in [5, 5.41) is 11.4. The molecule has 1 aromatic carbocycles. The molecule has 8 nitrogen and oxygen atoms in total. The molecule has 0 aliphatic rings.